The summed E-state index contributed by atoms with van der Waals surface area (Å²) in [4.78, 5) is 12.4. The fraction of sp³-hybridized carbons (Fsp3) is 0.150. The van der Waals surface area contributed by atoms with Gasteiger partial charge >= 0.3 is 0 Å². The zero-order chi connectivity index (χ0) is 19.1. The Morgan fingerprint density at radius 1 is 1.22 bits per heavy atom. The van der Waals surface area contributed by atoms with Crippen LogP contribution in [0, 0.1) is 0 Å². The molecule has 0 atom stereocenters. The van der Waals surface area contributed by atoms with E-state index >= 15 is 0 Å². The first-order chi connectivity index (χ1) is 13.2. The third kappa shape index (κ3) is 4.74. The van der Waals surface area contributed by atoms with Gasteiger partial charge in [-0.05, 0) is 36.2 Å². The number of nitrogens with one attached hydrogen (secondary N) is 1. The Morgan fingerprint density at radius 2 is 2.04 bits per heavy atom. The van der Waals surface area contributed by atoms with E-state index in [1.165, 1.54) is 10.9 Å². The maximum atomic E-state index is 12.4. The van der Waals surface area contributed by atoms with Crippen LogP contribution in [0.1, 0.15) is 18.9 Å². The molecule has 27 heavy (non-hydrogen) atoms. The second kappa shape index (κ2) is 9.00. The predicted octanol–water partition coefficient (Wildman–Crippen LogP) is 4.12. The van der Waals surface area contributed by atoms with E-state index in [9.17, 15) is 4.79 Å². The molecule has 3 rings (SSSR count). The summed E-state index contributed by atoms with van der Waals surface area (Å²) in [6.07, 6.45) is 4.03. The molecule has 0 aliphatic heterocycles. The Bertz CT molecular complexity index is 987. The number of nitrogens with zero attached hydrogens (tertiary/aromatic N) is 3. The Kier molecular flexibility index (Phi) is 6.22. The third-order valence-corrected chi connectivity index (χ3v) is 4.01. The lowest BCUT2D eigenvalue weighted by Gasteiger charge is -2.07. The Labute approximate surface area is 162 Å². The van der Waals surface area contributed by atoms with E-state index in [-0.39, 0.29) is 5.02 Å². The first-order valence-corrected chi connectivity index (χ1v) is 8.92. The lowest BCUT2D eigenvalue weighted by molar-refractivity contribution is 0.317. The van der Waals surface area contributed by atoms with Gasteiger partial charge in [0.05, 0.1) is 24.7 Å². The molecule has 6 nitrogen and oxygen atoms in total. The molecule has 0 unspecified atom stereocenters. The van der Waals surface area contributed by atoms with Crippen LogP contribution in [0.4, 0.5) is 5.69 Å². The van der Waals surface area contributed by atoms with E-state index in [0.717, 1.165) is 17.7 Å². The average molecular weight is 383 g/mol. The molecule has 1 N–H and O–H groups in total. The normalized spacial score (nSPS) is 10.9. The number of benzene rings is 2. The van der Waals surface area contributed by atoms with Crippen molar-refractivity contribution in [1.29, 1.82) is 0 Å². The predicted molar refractivity (Wildman–Crippen MR) is 108 cm³/mol. The number of halogens is 1. The van der Waals surface area contributed by atoms with E-state index < -0.39 is 5.56 Å². The molecule has 0 amide bonds. The van der Waals surface area contributed by atoms with Gasteiger partial charge in [-0.3, -0.25) is 10.2 Å². The zero-order valence-electron chi connectivity index (χ0n) is 14.8. The van der Waals surface area contributed by atoms with Gasteiger partial charge < -0.3 is 4.74 Å². The van der Waals surface area contributed by atoms with Gasteiger partial charge in [-0.15, -0.1) is 0 Å². The van der Waals surface area contributed by atoms with Gasteiger partial charge in [-0.2, -0.15) is 14.9 Å². The molecule has 3 aromatic rings. The summed E-state index contributed by atoms with van der Waals surface area (Å²) in [5.74, 6) is 0.783. The zero-order valence-corrected chi connectivity index (χ0v) is 15.6. The second-order valence-corrected chi connectivity index (χ2v) is 6.09. The van der Waals surface area contributed by atoms with E-state index in [1.807, 2.05) is 42.5 Å². The van der Waals surface area contributed by atoms with Crippen molar-refractivity contribution in [3.8, 4) is 11.4 Å². The molecule has 0 aliphatic rings. The molecule has 0 spiro atoms. The molecule has 0 radical (unpaired) electrons. The highest BCUT2D eigenvalue weighted by Crippen LogP contribution is 2.17. The maximum absolute atomic E-state index is 12.4. The summed E-state index contributed by atoms with van der Waals surface area (Å²) in [7, 11) is 0. The number of hydrogen-bond acceptors (Lipinski definition) is 5. The number of anilines is 1. The smallest absolute Gasteiger partial charge is 0.292 e. The highest BCUT2D eigenvalue weighted by molar-refractivity contribution is 6.32. The largest absolute Gasteiger partial charge is 0.494 e. The van der Waals surface area contributed by atoms with Gasteiger partial charge in [0.1, 0.15) is 16.5 Å². The molecule has 7 heteroatoms. The number of para-hydroxylation sites is 1. The summed E-state index contributed by atoms with van der Waals surface area (Å²) in [5, 5.41) is 8.30. The van der Waals surface area contributed by atoms with E-state index in [1.54, 1.807) is 18.3 Å². The quantitative estimate of drug-likeness (QED) is 0.493. The van der Waals surface area contributed by atoms with Gasteiger partial charge in [-0.25, -0.2) is 0 Å². The number of hydrogen-bond donors (Lipinski definition) is 1. The molecule has 0 fully saturated rings. The summed E-state index contributed by atoms with van der Waals surface area (Å²) < 4.78 is 6.84. The van der Waals surface area contributed by atoms with E-state index in [2.05, 4.69) is 22.5 Å². The minimum absolute atomic E-state index is 0.0195. The molecular weight excluding hydrogens is 364 g/mol. The second-order valence-electron chi connectivity index (χ2n) is 5.72. The summed E-state index contributed by atoms with van der Waals surface area (Å²) in [6.45, 7) is 2.72. The van der Waals surface area contributed by atoms with Crippen molar-refractivity contribution in [2.45, 2.75) is 13.3 Å². The summed E-state index contributed by atoms with van der Waals surface area (Å²) in [6, 6.07) is 16.6. The Hall–Kier alpha value is -3.12. The summed E-state index contributed by atoms with van der Waals surface area (Å²) >= 11 is 6.18. The van der Waals surface area contributed by atoms with Crippen LogP contribution < -0.4 is 15.7 Å². The number of rotatable bonds is 7. The maximum Gasteiger partial charge on any atom is 0.292 e. The van der Waals surface area contributed by atoms with Gasteiger partial charge in [0.2, 0.25) is 0 Å². The van der Waals surface area contributed by atoms with Gasteiger partial charge in [0.25, 0.3) is 5.56 Å². The fourth-order valence-electron chi connectivity index (χ4n) is 2.34. The number of hydrazone groups is 1. The molecule has 0 saturated carbocycles. The van der Waals surface area contributed by atoms with E-state index in [0.29, 0.717) is 18.0 Å². The van der Waals surface area contributed by atoms with Gasteiger partial charge in [0, 0.05) is 0 Å². The highest BCUT2D eigenvalue weighted by Gasteiger charge is 2.09. The topological polar surface area (TPSA) is 68.5 Å². The van der Waals surface area contributed by atoms with Gasteiger partial charge in [0.15, 0.2) is 0 Å². The average Bonchev–Trinajstić information content (AvgIpc) is 2.71. The van der Waals surface area contributed by atoms with Crippen LogP contribution in [0.5, 0.6) is 5.75 Å². The molecule has 2 aromatic carbocycles. The first kappa shape index (κ1) is 18.7. The third-order valence-electron chi connectivity index (χ3n) is 3.65. The lowest BCUT2D eigenvalue weighted by atomic mass is 10.2. The van der Waals surface area contributed by atoms with Crippen LogP contribution in [0.2, 0.25) is 5.02 Å². The van der Waals surface area contributed by atoms with Crippen LogP contribution in [-0.2, 0) is 0 Å². The van der Waals surface area contributed by atoms with E-state index in [4.69, 9.17) is 16.3 Å². The highest BCUT2D eigenvalue weighted by atomic mass is 35.5. The fourth-order valence-corrected chi connectivity index (χ4v) is 2.52. The Morgan fingerprint density at radius 3 is 2.81 bits per heavy atom. The van der Waals surface area contributed by atoms with Crippen LogP contribution in [0.15, 0.2) is 70.7 Å². The molecule has 0 saturated heterocycles. The van der Waals surface area contributed by atoms with Crippen molar-refractivity contribution < 1.29 is 4.74 Å². The van der Waals surface area contributed by atoms with Crippen molar-refractivity contribution in [3.05, 3.63) is 81.7 Å². The van der Waals surface area contributed by atoms with Crippen molar-refractivity contribution in [1.82, 2.24) is 9.78 Å². The monoisotopic (exact) mass is 382 g/mol. The summed E-state index contributed by atoms with van der Waals surface area (Å²) in [5.41, 5.74) is 4.18. The van der Waals surface area contributed by atoms with Crippen molar-refractivity contribution in [3.63, 3.8) is 0 Å². The van der Waals surface area contributed by atoms with Crippen molar-refractivity contribution in [2.24, 2.45) is 5.10 Å². The van der Waals surface area contributed by atoms with Crippen LogP contribution >= 0.6 is 11.6 Å². The minimum Gasteiger partial charge on any atom is -0.494 e. The van der Waals surface area contributed by atoms with Crippen LogP contribution in [-0.4, -0.2) is 22.6 Å². The number of aromatic nitrogens is 2. The number of ether oxygens (including phenoxy) is 1. The molecular formula is C20H19ClN4O2. The Balaban J connectivity index is 1.74. The molecule has 0 aliphatic carbocycles. The first-order valence-electron chi connectivity index (χ1n) is 8.54. The van der Waals surface area contributed by atoms with Crippen LogP contribution in [0.25, 0.3) is 5.69 Å². The SMILES string of the molecule is CCCOc1cccc(/C=N\Nc2cnn(-c3ccccc3)c(=O)c2Cl)c1. The molecule has 1 heterocycles. The molecule has 1 aromatic heterocycles. The van der Waals surface area contributed by atoms with Crippen molar-refractivity contribution >= 4 is 23.5 Å². The molecule has 0 bridgehead atoms. The standard InChI is InChI=1S/C20H19ClN4O2/c1-2-11-27-17-10-6-7-15(12-17)13-22-24-18-14-23-25(20(26)19(18)21)16-8-4-3-5-9-16/h3-10,12-14,24H,2,11H2,1H3/b22-13-. The van der Waals surface area contributed by atoms with Gasteiger partial charge in [-0.1, -0.05) is 48.9 Å². The minimum atomic E-state index is -0.418. The molecule has 138 valence electrons. The lowest BCUT2D eigenvalue weighted by Crippen LogP contribution is -2.22. The van der Waals surface area contributed by atoms with Crippen LogP contribution in [0.3, 0.4) is 0 Å². The van der Waals surface area contributed by atoms with Crippen molar-refractivity contribution in [2.75, 3.05) is 12.0 Å².